The van der Waals surface area contributed by atoms with Crippen LogP contribution in [0.25, 0.3) is 22.5 Å². The number of hydrogen-bond donors (Lipinski definition) is 0. The Labute approximate surface area is 169 Å². The smallest absolute Gasteiger partial charge is 0.167 e. The van der Waals surface area contributed by atoms with Crippen molar-refractivity contribution in [3.8, 4) is 22.5 Å². The standard InChI is InChI=1S/C21H24N6S/c1-4-27-16(2)18(14-24-27)20-19(17-8-6-5-7-9-17)23-15-26(20)12-13-28-21-22-10-11-25(21)3/h5-11,14-15H,4,12-13H2,1-3H3. The minimum absolute atomic E-state index is 0.851. The monoisotopic (exact) mass is 392 g/mol. The summed E-state index contributed by atoms with van der Waals surface area (Å²) in [5, 5.41) is 5.58. The topological polar surface area (TPSA) is 53.5 Å². The molecule has 0 saturated carbocycles. The summed E-state index contributed by atoms with van der Waals surface area (Å²) < 4.78 is 6.32. The van der Waals surface area contributed by atoms with Gasteiger partial charge in [-0.1, -0.05) is 42.1 Å². The molecule has 4 aromatic rings. The summed E-state index contributed by atoms with van der Waals surface area (Å²) in [5.74, 6) is 0.920. The maximum Gasteiger partial charge on any atom is 0.167 e. The fourth-order valence-electron chi connectivity index (χ4n) is 3.37. The third kappa shape index (κ3) is 3.49. The summed E-state index contributed by atoms with van der Waals surface area (Å²) >= 11 is 1.75. The second-order valence-electron chi connectivity index (χ2n) is 6.63. The number of rotatable bonds is 7. The van der Waals surface area contributed by atoms with Gasteiger partial charge in [-0.15, -0.1) is 0 Å². The Morgan fingerprint density at radius 3 is 2.61 bits per heavy atom. The van der Waals surface area contributed by atoms with Crippen molar-refractivity contribution in [2.24, 2.45) is 7.05 Å². The lowest BCUT2D eigenvalue weighted by Crippen LogP contribution is -2.04. The lowest BCUT2D eigenvalue weighted by molar-refractivity contribution is 0.640. The summed E-state index contributed by atoms with van der Waals surface area (Å²) in [7, 11) is 2.02. The van der Waals surface area contributed by atoms with Crippen molar-refractivity contribution in [1.29, 1.82) is 0 Å². The molecule has 0 saturated heterocycles. The van der Waals surface area contributed by atoms with Gasteiger partial charge in [-0.25, -0.2) is 9.97 Å². The third-order valence-corrected chi connectivity index (χ3v) is 5.92. The van der Waals surface area contributed by atoms with Gasteiger partial charge in [0, 0.05) is 55.1 Å². The van der Waals surface area contributed by atoms with E-state index in [-0.39, 0.29) is 0 Å². The third-order valence-electron chi connectivity index (χ3n) is 4.88. The summed E-state index contributed by atoms with van der Waals surface area (Å²) in [6.45, 7) is 5.95. The molecular formula is C21H24N6S. The molecule has 0 aliphatic carbocycles. The fourth-order valence-corrected chi connectivity index (χ4v) is 4.24. The first kappa shape index (κ1) is 18.6. The van der Waals surface area contributed by atoms with E-state index in [1.165, 1.54) is 0 Å². The molecule has 0 spiro atoms. The van der Waals surface area contributed by atoms with Crippen LogP contribution in [0.5, 0.6) is 0 Å². The second-order valence-corrected chi connectivity index (χ2v) is 7.69. The zero-order valence-corrected chi connectivity index (χ0v) is 17.2. The van der Waals surface area contributed by atoms with Gasteiger partial charge in [0.15, 0.2) is 5.16 Å². The van der Waals surface area contributed by atoms with Crippen LogP contribution in [0.15, 0.2) is 60.4 Å². The Morgan fingerprint density at radius 2 is 1.93 bits per heavy atom. The van der Waals surface area contributed by atoms with Gasteiger partial charge in [0.25, 0.3) is 0 Å². The Kier molecular flexibility index (Phi) is 5.34. The largest absolute Gasteiger partial charge is 0.329 e. The molecule has 0 bridgehead atoms. The minimum atomic E-state index is 0.851. The molecule has 0 aliphatic heterocycles. The first-order valence-corrected chi connectivity index (χ1v) is 10.4. The summed E-state index contributed by atoms with van der Waals surface area (Å²) in [6, 6.07) is 10.4. The van der Waals surface area contributed by atoms with Gasteiger partial charge in [-0.3, -0.25) is 4.68 Å². The van der Waals surface area contributed by atoms with Crippen molar-refractivity contribution >= 4 is 11.8 Å². The van der Waals surface area contributed by atoms with Crippen LogP contribution in [-0.2, 0) is 20.1 Å². The van der Waals surface area contributed by atoms with Gasteiger partial charge in [-0.2, -0.15) is 5.10 Å². The fraction of sp³-hybridized carbons (Fsp3) is 0.286. The van der Waals surface area contributed by atoms with Crippen LogP contribution in [0, 0.1) is 6.92 Å². The maximum absolute atomic E-state index is 4.77. The van der Waals surface area contributed by atoms with Crippen LogP contribution >= 0.6 is 11.8 Å². The summed E-state index contributed by atoms with van der Waals surface area (Å²) in [5.41, 5.74) is 5.56. The van der Waals surface area contributed by atoms with Gasteiger partial charge >= 0.3 is 0 Å². The van der Waals surface area contributed by atoms with Crippen LogP contribution in [-0.4, -0.2) is 34.6 Å². The minimum Gasteiger partial charge on any atom is -0.329 e. The molecular weight excluding hydrogens is 368 g/mol. The molecule has 0 atom stereocenters. The van der Waals surface area contributed by atoms with E-state index in [1.807, 2.05) is 47.3 Å². The number of aryl methyl sites for hydroxylation is 3. The van der Waals surface area contributed by atoms with Crippen molar-refractivity contribution in [2.75, 3.05) is 5.75 Å². The van der Waals surface area contributed by atoms with E-state index < -0.39 is 0 Å². The Morgan fingerprint density at radius 1 is 1.11 bits per heavy atom. The molecule has 0 unspecified atom stereocenters. The molecule has 4 rings (SSSR count). The average Bonchev–Trinajstić information content (AvgIpc) is 3.41. The Bertz CT molecular complexity index is 1060. The van der Waals surface area contributed by atoms with Crippen molar-refractivity contribution in [3.05, 3.63) is 60.9 Å². The van der Waals surface area contributed by atoms with E-state index in [1.54, 1.807) is 11.8 Å². The zero-order valence-electron chi connectivity index (χ0n) is 16.4. The lowest BCUT2D eigenvalue weighted by Gasteiger charge is -2.11. The van der Waals surface area contributed by atoms with Gasteiger partial charge in [0.1, 0.15) is 0 Å². The first-order valence-electron chi connectivity index (χ1n) is 9.42. The van der Waals surface area contributed by atoms with Crippen molar-refractivity contribution in [1.82, 2.24) is 28.9 Å². The molecule has 144 valence electrons. The summed E-state index contributed by atoms with van der Waals surface area (Å²) in [6.07, 6.45) is 7.71. The van der Waals surface area contributed by atoms with Crippen LogP contribution < -0.4 is 0 Å². The molecule has 1 aromatic carbocycles. The van der Waals surface area contributed by atoms with E-state index in [9.17, 15) is 0 Å². The van der Waals surface area contributed by atoms with E-state index >= 15 is 0 Å². The van der Waals surface area contributed by atoms with Crippen molar-refractivity contribution < 1.29 is 0 Å². The Balaban J connectivity index is 1.69. The second kappa shape index (κ2) is 8.06. The van der Waals surface area contributed by atoms with Crippen LogP contribution in [0.2, 0.25) is 0 Å². The molecule has 7 heteroatoms. The molecule has 0 radical (unpaired) electrons. The predicted octanol–water partition coefficient (Wildman–Crippen LogP) is 4.27. The SMILES string of the molecule is CCn1ncc(-c2c(-c3ccccc3)ncn2CCSc2nccn2C)c1C. The van der Waals surface area contributed by atoms with Gasteiger partial charge < -0.3 is 9.13 Å². The van der Waals surface area contributed by atoms with Crippen molar-refractivity contribution in [3.63, 3.8) is 0 Å². The number of imidazole rings is 2. The van der Waals surface area contributed by atoms with Gasteiger partial charge in [-0.05, 0) is 13.8 Å². The highest BCUT2D eigenvalue weighted by molar-refractivity contribution is 7.99. The van der Waals surface area contributed by atoms with Gasteiger partial charge in [0.2, 0.25) is 0 Å². The lowest BCUT2D eigenvalue weighted by atomic mass is 10.1. The molecule has 3 aromatic heterocycles. The highest BCUT2D eigenvalue weighted by Gasteiger charge is 2.19. The van der Waals surface area contributed by atoms with E-state index in [0.717, 1.165) is 52.2 Å². The number of nitrogens with zero attached hydrogens (tertiary/aromatic N) is 6. The highest BCUT2D eigenvalue weighted by Crippen LogP contribution is 2.33. The molecule has 0 N–H and O–H groups in total. The average molecular weight is 393 g/mol. The number of benzene rings is 1. The maximum atomic E-state index is 4.77. The molecule has 3 heterocycles. The van der Waals surface area contributed by atoms with Gasteiger partial charge in [0.05, 0.1) is 23.9 Å². The number of thioether (sulfide) groups is 1. The molecule has 0 aliphatic rings. The molecule has 6 nitrogen and oxygen atoms in total. The highest BCUT2D eigenvalue weighted by atomic mass is 32.2. The number of aromatic nitrogens is 6. The molecule has 0 amide bonds. The molecule has 28 heavy (non-hydrogen) atoms. The van der Waals surface area contributed by atoms with E-state index in [4.69, 9.17) is 4.98 Å². The summed E-state index contributed by atoms with van der Waals surface area (Å²) in [4.78, 5) is 9.16. The number of hydrogen-bond acceptors (Lipinski definition) is 4. The normalized spacial score (nSPS) is 11.2. The van der Waals surface area contributed by atoms with Crippen LogP contribution in [0.1, 0.15) is 12.6 Å². The molecule has 0 fully saturated rings. The predicted molar refractivity (Wildman–Crippen MR) is 113 cm³/mol. The Hall–Kier alpha value is -2.80. The quantitative estimate of drug-likeness (QED) is 0.441. The zero-order chi connectivity index (χ0) is 19.5. The van der Waals surface area contributed by atoms with E-state index in [0.29, 0.717) is 0 Å². The van der Waals surface area contributed by atoms with Crippen molar-refractivity contribution in [2.45, 2.75) is 32.1 Å². The van der Waals surface area contributed by atoms with Crippen LogP contribution in [0.3, 0.4) is 0 Å². The first-order chi connectivity index (χ1) is 13.7. The van der Waals surface area contributed by atoms with Crippen LogP contribution in [0.4, 0.5) is 0 Å². The van der Waals surface area contributed by atoms with E-state index in [2.05, 4.69) is 52.8 Å².